The lowest BCUT2D eigenvalue weighted by molar-refractivity contribution is -0.384. The number of benzene rings is 2. The Bertz CT molecular complexity index is 713. The number of nitro groups is 1. The number of likely N-dealkylation sites (tertiary alicyclic amines) is 1. The second-order valence-electron chi connectivity index (χ2n) is 6.32. The lowest BCUT2D eigenvalue weighted by atomic mass is 10.0. The third-order valence-corrected chi connectivity index (χ3v) is 4.59. The fourth-order valence-electron chi connectivity index (χ4n) is 3.22. The molecule has 0 saturated carbocycles. The zero-order chi connectivity index (χ0) is 17.6. The van der Waals surface area contributed by atoms with Crippen LogP contribution in [0.1, 0.15) is 18.4 Å². The van der Waals surface area contributed by atoms with Gasteiger partial charge in [-0.1, -0.05) is 30.3 Å². The Morgan fingerprint density at radius 1 is 1.20 bits per heavy atom. The van der Waals surface area contributed by atoms with Crippen LogP contribution < -0.4 is 10.1 Å². The molecule has 2 aromatic carbocycles. The second kappa shape index (κ2) is 7.98. The molecule has 0 aliphatic carbocycles. The van der Waals surface area contributed by atoms with Gasteiger partial charge in [-0.15, -0.1) is 0 Å². The molecule has 1 fully saturated rings. The summed E-state index contributed by atoms with van der Waals surface area (Å²) in [7, 11) is 1.58. The number of nitrogens with zero attached hydrogens (tertiary/aromatic N) is 2. The number of hydrogen-bond donors (Lipinski definition) is 1. The van der Waals surface area contributed by atoms with E-state index in [1.807, 2.05) is 6.07 Å². The Morgan fingerprint density at radius 2 is 1.92 bits per heavy atom. The van der Waals surface area contributed by atoms with Crippen molar-refractivity contribution in [2.75, 3.05) is 25.5 Å². The molecular formula is C19H23N3O3. The molecule has 3 rings (SSSR count). The van der Waals surface area contributed by atoms with Gasteiger partial charge in [0.15, 0.2) is 0 Å². The van der Waals surface area contributed by atoms with Gasteiger partial charge in [-0.3, -0.25) is 15.0 Å². The smallest absolute Gasteiger partial charge is 0.271 e. The molecule has 1 aliphatic rings. The van der Waals surface area contributed by atoms with E-state index in [0.717, 1.165) is 32.5 Å². The third-order valence-electron chi connectivity index (χ3n) is 4.59. The minimum atomic E-state index is -0.382. The van der Waals surface area contributed by atoms with Gasteiger partial charge in [-0.05, 0) is 24.5 Å². The molecule has 1 saturated heterocycles. The highest BCUT2D eigenvalue weighted by molar-refractivity contribution is 5.62. The average Bonchev–Trinajstić information content (AvgIpc) is 2.64. The van der Waals surface area contributed by atoms with Crippen molar-refractivity contribution in [1.82, 2.24) is 4.90 Å². The topological polar surface area (TPSA) is 67.6 Å². The minimum Gasteiger partial charge on any atom is -0.495 e. The van der Waals surface area contributed by atoms with Crippen LogP contribution in [0.4, 0.5) is 11.4 Å². The Kier molecular flexibility index (Phi) is 5.50. The van der Waals surface area contributed by atoms with Gasteiger partial charge in [0.05, 0.1) is 17.7 Å². The largest absolute Gasteiger partial charge is 0.495 e. The van der Waals surface area contributed by atoms with Crippen molar-refractivity contribution in [3.63, 3.8) is 0 Å². The molecule has 1 heterocycles. The lowest BCUT2D eigenvalue weighted by Crippen LogP contribution is -2.38. The lowest BCUT2D eigenvalue weighted by Gasteiger charge is -2.33. The van der Waals surface area contributed by atoms with Crippen molar-refractivity contribution in [1.29, 1.82) is 0 Å². The fourth-order valence-corrected chi connectivity index (χ4v) is 3.22. The van der Waals surface area contributed by atoms with Gasteiger partial charge in [0.25, 0.3) is 5.69 Å². The number of methoxy groups -OCH3 is 1. The van der Waals surface area contributed by atoms with Crippen molar-refractivity contribution in [3.05, 3.63) is 64.2 Å². The summed E-state index contributed by atoms with van der Waals surface area (Å²) in [6, 6.07) is 15.4. The van der Waals surface area contributed by atoms with Crippen LogP contribution in [0.5, 0.6) is 5.75 Å². The highest BCUT2D eigenvalue weighted by Crippen LogP contribution is 2.30. The number of non-ortho nitro benzene ring substituents is 1. The molecule has 6 nitrogen and oxygen atoms in total. The highest BCUT2D eigenvalue weighted by Gasteiger charge is 2.21. The minimum absolute atomic E-state index is 0.0739. The monoisotopic (exact) mass is 341 g/mol. The molecule has 0 amide bonds. The van der Waals surface area contributed by atoms with Gasteiger partial charge < -0.3 is 10.1 Å². The van der Waals surface area contributed by atoms with Crippen LogP contribution in [0.3, 0.4) is 0 Å². The van der Waals surface area contributed by atoms with Gasteiger partial charge in [-0.25, -0.2) is 0 Å². The van der Waals surface area contributed by atoms with E-state index in [2.05, 4.69) is 34.5 Å². The van der Waals surface area contributed by atoms with E-state index in [1.165, 1.54) is 11.6 Å². The van der Waals surface area contributed by atoms with Crippen molar-refractivity contribution in [2.45, 2.75) is 25.4 Å². The first-order valence-corrected chi connectivity index (χ1v) is 8.51. The molecule has 0 radical (unpaired) electrons. The van der Waals surface area contributed by atoms with E-state index in [4.69, 9.17) is 4.74 Å². The maximum Gasteiger partial charge on any atom is 0.271 e. The van der Waals surface area contributed by atoms with Crippen LogP contribution >= 0.6 is 0 Å². The normalized spacial score (nSPS) is 15.7. The molecule has 0 bridgehead atoms. The second-order valence-corrected chi connectivity index (χ2v) is 6.32. The number of nitrogens with one attached hydrogen (secondary N) is 1. The van der Waals surface area contributed by atoms with E-state index in [1.54, 1.807) is 19.2 Å². The van der Waals surface area contributed by atoms with Crippen LogP contribution in [-0.2, 0) is 6.54 Å². The summed E-state index contributed by atoms with van der Waals surface area (Å²) in [5.41, 5.74) is 2.09. The summed E-state index contributed by atoms with van der Waals surface area (Å²) >= 11 is 0. The first-order chi connectivity index (χ1) is 12.2. The molecule has 6 heteroatoms. The molecule has 0 aromatic heterocycles. The van der Waals surface area contributed by atoms with Crippen LogP contribution in [0, 0.1) is 10.1 Å². The van der Waals surface area contributed by atoms with E-state index in [-0.39, 0.29) is 10.6 Å². The molecule has 132 valence electrons. The summed E-state index contributed by atoms with van der Waals surface area (Å²) < 4.78 is 5.33. The average molecular weight is 341 g/mol. The summed E-state index contributed by atoms with van der Waals surface area (Å²) in [4.78, 5) is 13.1. The molecule has 2 aromatic rings. The number of anilines is 1. The van der Waals surface area contributed by atoms with Crippen molar-refractivity contribution >= 4 is 11.4 Å². The van der Waals surface area contributed by atoms with E-state index < -0.39 is 0 Å². The standard InChI is InChI=1S/C19H23N3O3/c1-25-19-8-7-17(22(23)24)13-18(19)20-16-9-11-21(12-10-16)14-15-5-3-2-4-6-15/h2-8,13,16,20H,9-12,14H2,1H3. The number of rotatable bonds is 6. The van der Waals surface area contributed by atoms with Gasteiger partial charge in [-0.2, -0.15) is 0 Å². The SMILES string of the molecule is COc1ccc([N+](=O)[O-])cc1NC1CCN(Cc2ccccc2)CC1. The van der Waals surface area contributed by atoms with Gasteiger partial charge in [0.2, 0.25) is 0 Å². The Morgan fingerprint density at radius 3 is 2.56 bits per heavy atom. The molecule has 25 heavy (non-hydrogen) atoms. The predicted molar refractivity (Wildman–Crippen MR) is 98.0 cm³/mol. The summed E-state index contributed by atoms with van der Waals surface area (Å²) in [5.74, 6) is 0.636. The molecule has 0 atom stereocenters. The van der Waals surface area contributed by atoms with E-state index >= 15 is 0 Å². The Hall–Kier alpha value is -2.60. The van der Waals surface area contributed by atoms with Gasteiger partial charge in [0.1, 0.15) is 5.75 Å². The van der Waals surface area contributed by atoms with Crippen molar-refractivity contribution < 1.29 is 9.66 Å². The maximum absolute atomic E-state index is 11.0. The molecule has 1 N–H and O–H groups in total. The highest BCUT2D eigenvalue weighted by atomic mass is 16.6. The van der Waals surface area contributed by atoms with Crippen LogP contribution in [0.2, 0.25) is 0 Å². The predicted octanol–water partition coefficient (Wildman–Crippen LogP) is 3.68. The molecule has 1 aliphatic heterocycles. The summed E-state index contributed by atoms with van der Waals surface area (Å²) in [5, 5.41) is 14.4. The number of piperidine rings is 1. The van der Waals surface area contributed by atoms with Crippen LogP contribution in [0.15, 0.2) is 48.5 Å². The van der Waals surface area contributed by atoms with E-state index in [9.17, 15) is 10.1 Å². The Balaban J connectivity index is 1.58. The summed E-state index contributed by atoms with van der Waals surface area (Å²) in [6.07, 6.45) is 2.00. The quantitative estimate of drug-likeness (QED) is 0.641. The number of ether oxygens (including phenoxy) is 1. The zero-order valence-electron chi connectivity index (χ0n) is 14.4. The van der Waals surface area contributed by atoms with Crippen LogP contribution in [0.25, 0.3) is 0 Å². The third kappa shape index (κ3) is 4.48. The Labute approximate surface area is 147 Å². The van der Waals surface area contributed by atoms with Crippen LogP contribution in [-0.4, -0.2) is 36.1 Å². The van der Waals surface area contributed by atoms with Crippen molar-refractivity contribution in [3.8, 4) is 5.75 Å². The number of hydrogen-bond acceptors (Lipinski definition) is 5. The first kappa shape index (κ1) is 17.2. The first-order valence-electron chi connectivity index (χ1n) is 8.51. The molecule has 0 spiro atoms. The molecular weight excluding hydrogens is 318 g/mol. The van der Waals surface area contributed by atoms with Crippen molar-refractivity contribution in [2.24, 2.45) is 0 Å². The number of nitro benzene ring substituents is 1. The fraction of sp³-hybridized carbons (Fsp3) is 0.368. The zero-order valence-corrected chi connectivity index (χ0v) is 14.4. The van der Waals surface area contributed by atoms with Gasteiger partial charge in [0, 0.05) is 37.8 Å². The molecule has 0 unspecified atom stereocenters. The summed E-state index contributed by atoms with van der Waals surface area (Å²) in [6.45, 7) is 2.97. The van der Waals surface area contributed by atoms with Gasteiger partial charge >= 0.3 is 0 Å². The maximum atomic E-state index is 11.0. The van der Waals surface area contributed by atoms with E-state index in [0.29, 0.717) is 17.5 Å².